The number of nitrogens with one attached hydrogen (secondary N) is 1. The van der Waals surface area contributed by atoms with Crippen LogP contribution in [0.2, 0.25) is 0 Å². The first-order chi connectivity index (χ1) is 9.95. The Balaban J connectivity index is 2.35. The van der Waals surface area contributed by atoms with Crippen molar-refractivity contribution in [3.05, 3.63) is 11.8 Å². The Kier molecular flexibility index (Phi) is 4.90. The number of aromatic nitrogens is 2. The SMILES string of the molecule is CCCNc1nc(N2CCCC2CC)cc(C(F)(F)F)n1. The van der Waals surface area contributed by atoms with Gasteiger partial charge < -0.3 is 10.2 Å². The molecule has 1 atom stereocenters. The molecule has 1 N–H and O–H groups in total. The molecule has 1 fully saturated rings. The van der Waals surface area contributed by atoms with Gasteiger partial charge in [-0.25, -0.2) is 4.98 Å². The molecule has 0 bridgehead atoms. The summed E-state index contributed by atoms with van der Waals surface area (Å²) < 4.78 is 39.0. The number of rotatable bonds is 5. The molecule has 0 aromatic carbocycles. The molecular weight excluding hydrogens is 281 g/mol. The smallest absolute Gasteiger partial charge is 0.354 e. The van der Waals surface area contributed by atoms with Gasteiger partial charge in [-0.1, -0.05) is 13.8 Å². The molecule has 1 aromatic heterocycles. The summed E-state index contributed by atoms with van der Waals surface area (Å²) in [7, 11) is 0. The first kappa shape index (κ1) is 15.9. The minimum absolute atomic E-state index is 0.0587. The van der Waals surface area contributed by atoms with Gasteiger partial charge in [0.05, 0.1) is 0 Å². The van der Waals surface area contributed by atoms with Gasteiger partial charge in [0.15, 0.2) is 5.69 Å². The third-order valence-corrected chi connectivity index (χ3v) is 3.68. The first-order valence-electron chi connectivity index (χ1n) is 7.42. The highest BCUT2D eigenvalue weighted by atomic mass is 19.4. The van der Waals surface area contributed by atoms with Crippen LogP contribution in [0, 0.1) is 0 Å². The molecule has 1 aliphatic heterocycles. The lowest BCUT2D eigenvalue weighted by Gasteiger charge is -2.25. The molecule has 2 rings (SSSR count). The van der Waals surface area contributed by atoms with Crippen molar-refractivity contribution >= 4 is 11.8 Å². The molecule has 1 aliphatic rings. The van der Waals surface area contributed by atoms with E-state index in [0.717, 1.165) is 38.3 Å². The fourth-order valence-electron chi connectivity index (χ4n) is 2.60. The Labute approximate surface area is 122 Å². The normalized spacial score (nSPS) is 19.1. The standard InChI is InChI=1S/C14H21F3N4/c1-3-7-18-13-19-11(14(15,16)17)9-12(20-13)21-8-5-6-10(21)4-2/h9-10H,3-8H2,1-2H3,(H,18,19,20). The lowest BCUT2D eigenvalue weighted by molar-refractivity contribution is -0.141. The number of nitrogens with zero attached hydrogens (tertiary/aromatic N) is 3. The van der Waals surface area contributed by atoms with Crippen LogP contribution in [-0.2, 0) is 6.18 Å². The second kappa shape index (κ2) is 6.49. The fourth-order valence-corrected chi connectivity index (χ4v) is 2.60. The van der Waals surface area contributed by atoms with Crippen LogP contribution in [-0.4, -0.2) is 29.1 Å². The van der Waals surface area contributed by atoms with Crippen LogP contribution in [0.3, 0.4) is 0 Å². The van der Waals surface area contributed by atoms with Gasteiger partial charge in [0.25, 0.3) is 0 Å². The predicted molar refractivity (Wildman–Crippen MR) is 76.5 cm³/mol. The first-order valence-corrected chi connectivity index (χ1v) is 7.42. The molecule has 0 amide bonds. The molecule has 4 nitrogen and oxygen atoms in total. The summed E-state index contributed by atoms with van der Waals surface area (Å²) in [5.41, 5.74) is -0.882. The Morgan fingerprint density at radius 3 is 2.71 bits per heavy atom. The maximum Gasteiger partial charge on any atom is 0.433 e. The quantitative estimate of drug-likeness (QED) is 0.900. The van der Waals surface area contributed by atoms with E-state index in [0.29, 0.717) is 12.4 Å². The maximum absolute atomic E-state index is 13.0. The summed E-state index contributed by atoms with van der Waals surface area (Å²) in [5, 5.41) is 2.85. The van der Waals surface area contributed by atoms with Gasteiger partial charge in [-0.15, -0.1) is 0 Å². The predicted octanol–water partition coefficient (Wildman–Crippen LogP) is 3.70. The fraction of sp³-hybridized carbons (Fsp3) is 0.714. The van der Waals surface area contributed by atoms with Crippen molar-refractivity contribution in [2.24, 2.45) is 0 Å². The van der Waals surface area contributed by atoms with Crippen molar-refractivity contribution in [2.45, 2.75) is 51.7 Å². The minimum atomic E-state index is -4.46. The molecule has 118 valence electrons. The van der Waals surface area contributed by atoms with E-state index < -0.39 is 11.9 Å². The van der Waals surface area contributed by atoms with E-state index in [1.54, 1.807) is 0 Å². The van der Waals surface area contributed by atoms with E-state index in [1.807, 2.05) is 18.7 Å². The van der Waals surface area contributed by atoms with Gasteiger partial charge in [-0.05, 0) is 25.7 Å². The van der Waals surface area contributed by atoms with Crippen molar-refractivity contribution in [3.8, 4) is 0 Å². The van der Waals surface area contributed by atoms with Crippen LogP contribution in [0.4, 0.5) is 24.9 Å². The van der Waals surface area contributed by atoms with Crippen LogP contribution < -0.4 is 10.2 Å². The van der Waals surface area contributed by atoms with Gasteiger partial charge in [-0.2, -0.15) is 18.2 Å². The second-order valence-electron chi connectivity index (χ2n) is 5.26. The number of anilines is 2. The van der Waals surface area contributed by atoms with Crippen molar-refractivity contribution in [1.29, 1.82) is 0 Å². The number of halogens is 3. The van der Waals surface area contributed by atoms with Crippen LogP contribution in [0.25, 0.3) is 0 Å². The number of hydrogen-bond acceptors (Lipinski definition) is 4. The lowest BCUT2D eigenvalue weighted by Crippen LogP contribution is -2.30. The van der Waals surface area contributed by atoms with E-state index in [-0.39, 0.29) is 12.0 Å². The molecule has 2 heterocycles. The Hall–Kier alpha value is -1.53. The monoisotopic (exact) mass is 302 g/mol. The third-order valence-electron chi connectivity index (χ3n) is 3.68. The molecular formula is C14H21F3N4. The van der Waals surface area contributed by atoms with E-state index >= 15 is 0 Å². The van der Waals surface area contributed by atoms with Gasteiger partial charge in [0.1, 0.15) is 5.82 Å². The van der Waals surface area contributed by atoms with Gasteiger partial charge in [-0.3, -0.25) is 0 Å². The van der Waals surface area contributed by atoms with Crippen LogP contribution in [0.1, 0.15) is 45.2 Å². The molecule has 0 spiro atoms. The molecule has 21 heavy (non-hydrogen) atoms. The van der Waals surface area contributed by atoms with E-state index in [9.17, 15) is 13.2 Å². The van der Waals surface area contributed by atoms with Crippen LogP contribution >= 0.6 is 0 Å². The van der Waals surface area contributed by atoms with Crippen LogP contribution in [0.5, 0.6) is 0 Å². The summed E-state index contributed by atoms with van der Waals surface area (Å²) in [5.74, 6) is 0.434. The molecule has 0 radical (unpaired) electrons. The zero-order valence-electron chi connectivity index (χ0n) is 12.4. The Bertz CT molecular complexity index is 476. The van der Waals surface area contributed by atoms with Crippen LogP contribution in [0.15, 0.2) is 6.07 Å². The van der Waals surface area contributed by atoms with Crippen molar-refractivity contribution in [3.63, 3.8) is 0 Å². The molecule has 1 aromatic rings. The second-order valence-corrected chi connectivity index (χ2v) is 5.26. The molecule has 1 saturated heterocycles. The molecule has 0 aliphatic carbocycles. The largest absolute Gasteiger partial charge is 0.433 e. The average molecular weight is 302 g/mol. The van der Waals surface area contributed by atoms with Gasteiger partial charge >= 0.3 is 6.18 Å². The highest BCUT2D eigenvalue weighted by Crippen LogP contribution is 2.33. The Morgan fingerprint density at radius 1 is 1.33 bits per heavy atom. The van der Waals surface area contributed by atoms with E-state index in [1.165, 1.54) is 0 Å². The topological polar surface area (TPSA) is 41.1 Å². The highest BCUT2D eigenvalue weighted by molar-refractivity contribution is 5.47. The van der Waals surface area contributed by atoms with E-state index in [2.05, 4.69) is 15.3 Å². The highest BCUT2D eigenvalue weighted by Gasteiger charge is 2.35. The lowest BCUT2D eigenvalue weighted by atomic mass is 10.2. The van der Waals surface area contributed by atoms with Crippen molar-refractivity contribution in [1.82, 2.24) is 9.97 Å². The number of alkyl halides is 3. The zero-order chi connectivity index (χ0) is 15.5. The summed E-state index contributed by atoms with van der Waals surface area (Å²) in [6.07, 6.45) is -0.762. The maximum atomic E-state index is 13.0. The number of hydrogen-bond donors (Lipinski definition) is 1. The molecule has 0 saturated carbocycles. The summed E-state index contributed by atoms with van der Waals surface area (Å²) in [4.78, 5) is 9.83. The summed E-state index contributed by atoms with van der Waals surface area (Å²) in [6.45, 7) is 5.29. The van der Waals surface area contributed by atoms with Gasteiger partial charge in [0.2, 0.25) is 5.95 Å². The zero-order valence-corrected chi connectivity index (χ0v) is 12.4. The minimum Gasteiger partial charge on any atom is -0.354 e. The van der Waals surface area contributed by atoms with Crippen molar-refractivity contribution < 1.29 is 13.2 Å². The third kappa shape index (κ3) is 3.77. The molecule has 1 unspecified atom stereocenters. The summed E-state index contributed by atoms with van der Waals surface area (Å²) in [6, 6.07) is 1.32. The summed E-state index contributed by atoms with van der Waals surface area (Å²) >= 11 is 0. The molecule has 7 heteroatoms. The van der Waals surface area contributed by atoms with Gasteiger partial charge in [0, 0.05) is 25.2 Å². The van der Waals surface area contributed by atoms with Crippen molar-refractivity contribution in [2.75, 3.05) is 23.3 Å². The Morgan fingerprint density at radius 2 is 2.10 bits per heavy atom. The average Bonchev–Trinajstić information content (AvgIpc) is 2.92. The van der Waals surface area contributed by atoms with E-state index in [4.69, 9.17) is 0 Å².